The maximum Gasteiger partial charge on any atom is 0.264 e. The molecule has 1 aromatic heterocycles. The van der Waals surface area contributed by atoms with Gasteiger partial charge >= 0.3 is 0 Å². The summed E-state index contributed by atoms with van der Waals surface area (Å²) in [6, 6.07) is 7.97. The van der Waals surface area contributed by atoms with Crippen molar-refractivity contribution in [1.29, 1.82) is 0 Å². The van der Waals surface area contributed by atoms with Gasteiger partial charge in [-0.2, -0.15) is 8.42 Å². The summed E-state index contributed by atoms with van der Waals surface area (Å²) in [6.45, 7) is 2.15. The van der Waals surface area contributed by atoms with E-state index in [-0.39, 0.29) is 25.1 Å². The van der Waals surface area contributed by atoms with E-state index in [9.17, 15) is 12.8 Å². The number of hydrogen-bond donors (Lipinski definition) is 1. The van der Waals surface area contributed by atoms with E-state index in [1.54, 1.807) is 12.1 Å². The van der Waals surface area contributed by atoms with E-state index in [4.69, 9.17) is 8.92 Å². The Hall–Kier alpha value is -2.19. The van der Waals surface area contributed by atoms with Gasteiger partial charge in [0.2, 0.25) is 5.88 Å². The van der Waals surface area contributed by atoms with Gasteiger partial charge in [0.1, 0.15) is 12.4 Å². The van der Waals surface area contributed by atoms with Crippen molar-refractivity contribution >= 4 is 15.8 Å². The molecule has 8 heteroatoms. The van der Waals surface area contributed by atoms with Gasteiger partial charge in [-0.05, 0) is 42.7 Å². The topological polar surface area (TPSA) is 77.5 Å². The third-order valence-corrected chi connectivity index (χ3v) is 4.42. The Balaban J connectivity index is 1.76. The quantitative estimate of drug-likeness (QED) is 0.818. The average molecular weight is 366 g/mol. The van der Waals surface area contributed by atoms with Crippen molar-refractivity contribution < 1.29 is 21.7 Å². The Morgan fingerprint density at radius 1 is 1.36 bits per heavy atom. The number of aromatic nitrogens is 1. The van der Waals surface area contributed by atoms with E-state index >= 15 is 0 Å². The number of fused-ring (bicyclic) bond motifs is 1. The van der Waals surface area contributed by atoms with Crippen molar-refractivity contribution in [2.24, 2.45) is 0 Å². The number of benzene rings is 1. The Morgan fingerprint density at radius 3 is 2.76 bits per heavy atom. The van der Waals surface area contributed by atoms with Crippen LogP contribution >= 0.6 is 0 Å². The summed E-state index contributed by atoms with van der Waals surface area (Å²) in [5.41, 5.74) is 3.47. The molecule has 1 N–H and O–H groups in total. The minimum absolute atomic E-state index is 0.0144. The first-order valence-corrected chi connectivity index (χ1v) is 9.60. The number of aryl methyl sites for hydroxylation is 1. The fourth-order valence-corrected chi connectivity index (χ4v) is 2.99. The third kappa shape index (κ3) is 4.67. The van der Waals surface area contributed by atoms with Crippen LogP contribution in [-0.4, -0.2) is 38.9 Å². The number of nitrogens with zero attached hydrogens (tertiary/aromatic N) is 1. The molecular formula is C17H19FN2O4S. The Kier molecular flexibility index (Phi) is 4.91. The van der Waals surface area contributed by atoms with Crippen molar-refractivity contribution in [3.63, 3.8) is 0 Å². The largest absolute Gasteiger partial charge is 0.474 e. The van der Waals surface area contributed by atoms with E-state index < -0.39 is 10.1 Å². The number of rotatable bonds is 5. The van der Waals surface area contributed by atoms with Gasteiger partial charge in [0, 0.05) is 5.69 Å². The molecule has 1 aliphatic heterocycles. The predicted molar refractivity (Wildman–Crippen MR) is 91.9 cm³/mol. The van der Waals surface area contributed by atoms with Crippen molar-refractivity contribution in [3.8, 4) is 5.88 Å². The van der Waals surface area contributed by atoms with Crippen LogP contribution < -0.4 is 10.1 Å². The van der Waals surface area contributed by atoms with Gasteiger partial charge in [0.25, 0.3) is 10.1 Å². The van der Waals surface area contributed by atoms with E-state index in [0.29, 0.717) is 18.0 Å². The van der Waals surface area contributed by atoms with Crippen LogP contribution in [0.4, 0.5) is 10.1 Å². The predicted octanol–water partition coefficient (Wildman–Crippen LogP) is 2.27. The number of anilines is 1. The second kappa shape index (κ2) is 6.97. The number of ether oxygens (including phenoxy) is 1. The molecule has 0 amide bonds. The Bertz CT molecular complexity index is 869. The van der Waals surface area contributed by atoms with Gasteiger partial charge in [0.15, 0.2) is 0 Å². The van der Waals surface area contributed by atoms with Crippen molar-refractivity contribution in [2.75, 3.05) is 24.8 Å². The van der Waals surface area contributed by atoms with Crippen LogP contribution in [0.2, 0.25) is 0 Å². The molecule has 0 aliphatic carbocycles. The number of hydrogen-bond acceptors (Lipinski definition) is 6. The highest BCUT2D eigenvalue weighted by Crippen LogP contribution is 2.30. The number of nitrogens with one attached hydrogen (secondary N) is 1. The summed E-state index contributed by atoms with van der Waals surface area (Å²) in [5.74, 6) is 0.212. The van der Waals surface area contributed by atoms with Crippen LogP contribution in [0.15, 0.2) is 30.3 Å². The van der Waals surface area contributed by atoms with Crippen molar-refractivity contribution in [3.05, 3.63) is 53.0 Å². The van der Waals surface area contributed by atoms with Crippen LogP contribution in [0.1, 0.15) is 16.8 Å². The second-order valence-corrected chi connectivity index (χ2v) is 7.67. The first kappa shape index (κ1) is 17.6. The number of halogens is 1. The maximum absolute atomic E-state index is 13.0. The van der Waals surface area contributed by atoms with E-state index in [1.165, 1.54) is 12.1 Å². The lowest BCUT2D eigenvalue weighted by Gasteiger charge is -2.27. The monoisotopic (exact) mass is 366 g/mol. The fourth-order valence-electron chi connectivity index (χ4n) is 2.58. The summed E-state index contributed by atoms with van der Waals surface area (Å²) < 4.78 is 45.7. The molecular weight excluding hydrogens is 347 g/mol. The van der Waals surface area contributed by atoms with Crippen LogP contribution in [0.25, 0.3) is 0 Å². The Morgan fingerprint density at radius 2 is 2.08 bits per heavy atom. The number of pyridine rings is 1. The highest BCUT2D eigenvalue weighted by atomic mass is 32.2. The SMILES string of the molecule is Cc1nc2c(cc1Cc1ccc(F)cc1)N[C@@H](COS(C)(=O)=O)CO2. The molecule has 0 unspecified atom stereocenters. The summed E-state index contributed by atoms with van der Waals surface area (Å²) in [6.07, 6.45) is 1.62. The standard InChI is InChI=1S/C17H19FN2O4S/c1-11-13(7-12-3-5-14(18)6-4-12)8-16-17(19-11)23-9-15(20-16)10-24-25(2,21)22/h3-6,8,15,20H,7,9-10H2,1-2H3/t15-/m1/s1. The molecule has 134 valence electrons. The summed E-state index contributed by atoms with van der Waals surface area (Å²) in [7, 11) is -3.50. The third-order valence-electron chi connectivity index (χ3n) is 3.85. The van der Waals surface area contributed by atoms with Gasteiger partial charge in [0.05, 0.1) is 24.6 Å². The molecule has 0 saturated heterocycles. The van der Waals surface area contributed by atoms with E-state index in [1.807, 2.05) is 13.0 Å². The molecule has 25 heavy (non-hydrogen) atoms. The van der Waals surface area contributed by atoms with Gasteiger partial charge in [-0.1, -0.05) is 12.1 Å². The summed E-state index contributed by atoms with van der Waals surface area (Å²) in [4.78, 5) is 4.45. The lowest BCUT2D eigenvalue weighted by molar-refractivity contribution is 0.219. The molecule has 0 spiro atoms. The highest BCUT2D eigenvalue weighted by molar-refractivity contribution is 7.85. The molecule has 6 nitrogen and oxygen atoms in total. The molecule has 2 aromatic rings. The average Bonchev–Trinajstić information content (AvgIpc) is 2.55. The molecule has 0 radical (unpaired) electrons. The van der Waals surface area contributed by atoms with E-state index in [0.717, 1.165) is 23.1 Å². The minimum Gasteiger partial charge on any atom is -0.474 e. The van der Waals surface area contributed by atoms with E-state index in [2.05, 4.69) is 10.3 Å². The molecule has 1 atom stereocenters. The first-order chi connectivity index (χ1) is 11.8. The minimum atomic E-state index is -3.50. The highest BCUT2D eigenvalue weighted by Gasteiger charge is 2.23. The molecule has 1 aliphatic rings. The molecule has 0 bridgehead atoms. The van der Waals surface area contributed by atoms with Crippen LogP contribution in [0, 0.1) is 12.7 Å². The van der Waals surface area contributed by atoms with Crippen molar-refractivity contribution in [1.82, 2.24) is 4.98 Å². The molecule has 2 heterocycles. The molecule has 0 fully saturated rings. The smallest absolute Gasteiger partial charge is 0.264 e. The zero-order chi connectivity index (χ0) is 18.0. The normalized spacial score (nSPS) is 16.7. The molecule has 3 rings (SSSR count). The molecule has 1 aromatic carbocycles. The van der Waals surface area contributed by atoms with Crippen LogP contribution in [-0.2, 0) is 20.7 Å². The summed E-state index contributed by atoms with van der Waals surface area (Å²) >= 11 is 0. The van der Waals surface area contributed by atoms with Crippen LogP contribution in [0.5, 0.6) is 5.88 Å². The maximum atomic E-state index is 13.0. The lowest BCUT2D eigenvalue weighted by Crippen LogP contribution is -2.36. The summed E-state index contributed by atoms with van der Waals surface area (Å²) in [5, 5.41) is 3.20. The van der Waals surface area contributed by atoms with Gasteiger partial charge in [-0.15, -0.1) is 0 Å². The Labute approximate surface area is 146 Å². The lowest BCUT2D eigenvalue weighted by atomic mass is 10.0. The van der Waals surface area contributed by atoms with Gasteiger partial charge < -0.3 is 10.1 Å². The van der Waals surface area contributed by atoms with Crippen molar-refractivity contribution in [2.45, 2.75) is 19.4 Å². The first-order valence-electron chi connectivity index (χ1n) is 7.79. The zero-order valence-electron chi connectivity index (χ0n) is 14.0. The fraction of sp³-hybridized carbons (Fsp3) is 0.353. The van der Waals surface area contributed by atoms with Gasteiger partial charge in [-0.25, -0.2) is 9.37 Å². The van der Waals surface area contributed by atoms with Gasteiger partial charge in [-0.3, -0.25) is 4.18 Å². The zero-order valence-corrected chi connectivity index (χ0v) is 14.8. The van der Waals surface area contributed by atoms with Crippen LogP contribution in [0.3, 0.4) is 0 Å². The second-order valence-electron chi connectivity index (χ2n) is 6.03. The molecule has 0 saturated carbocycles.